The number of benzene rings is 1. The first-order valence-corrected chi connectivity index (χ1v) is 8.50. The van der Waals surface area contributed by atoms with Crippen molar-refractivity contribution < 1.29 is 23.5 Å². The number of rotatable bonds is 6. The van der Waals surface area contributed by atoms with E-state index in [0.717, 1.165) is 0 Å². The summed E-state index contributed by atoms with van der Waals surface area (Å²) in [6, 6.07) is 5.74. The highest BCUT2D eigenvalue weighted by molar-refractivity contribution is 5.94. The number of likely N-dealkylation sites (tertiary alicyclic amines) is 1. The molecule has 25 heavy (non-hydrogen) atoms. The molecule has 0 aromatic heterocycles. The molecule has 1 heterocycles. The van der Waals surface area contributed by atoms with Crippen LogP contribution in [0.3, 0.4) is 0 Å². The molecule has 1 fully saturated rings. The van der Waals surface area contributed by atoms with Crippen LogP contribution in [0.15, 0.2) is 24.3 Å². The van der Waals surface area contributed by atoms with Crippen molar-refractivity contribution in [2.24, 2.45) is 0 Å². The third-order valence-corrected chi connectivity index (χ3v) is 4.15. The number of nitrogens with zero attached hydrogens (tertiary/aromatic N) is 1. The average molecular weight is 350 g/mol. The van der Waals surface area contributed by atoms with Crippen molar-refractivity contribution in [2.75, 3.05) is 19.7 Å². The zero-order valence-corrected chi connectivity index (χ0v) is 14.3. The topological polar surface area (TPSA) is 75.7 Å². The third kappa shape index (κ3) is 5.55. The molecule has 2 rings (SSSR count). The Labute approximate surface area is 146 Å². The quantitative estimate of drug-likeness (QED) is 0.795. The first-order valence-electron chi connectivity index (χ1n) is 8.50. The Hall–Kier alpha value is -2.44. The van der Waals surface area contributed by atoms with Crippen molar-refractivity contribution in [1.82, 2.24) is 10.2 Å². The van der Waals surface area contributed by atoms with Crippen LogP contribution in [0.2, 0.25) is 0 Å². The van der Waals surface area contributed by atoms with Crippen molar-refractivity contribution in [3.05, 3.63) is 35.6 Å². The molecule has 7 heteroatoms. The molecular formula is C18H23FN2O4. The number of hydrogen-bond donors (Lipinski definition) is 1. The fourth-order valence-corrected chi connectivity index (χ4v) is 2.78. The summed E-state index contributed by atoms with van der Waals surface area (Å²) in [6.45, 7) is 3.04. The fraction of sp³-hybridized carbons (Fsp3) is 0.500. The van der Waals surface area contributed by atoms with Gasteiger partial charge < -0.3 is 15.0 Å². The van der Waals surface area contributed by atoms with Crippen molar-refractivity contribution >= 4 is 17.8 Å². The minimum absolute atomic E-state index is 0.0236. The summed E-state index contributed by atoms with van der Waals surface area (Å²) < 4.78 is 18.4. The van der Waals surface area contributed by atoms with Gasteiger partial charge in [0.15, 0.2) is 0 Å². The molecule has 0 radical (unpaired) electrons. The summed E-state index contributed by atoms with van der Waals surface area (Å²) in [5, 5.41) is 2.81. The van der Waals surface area contributed by atoms with E-state index in [-0.39, 0.29) is 36.3 Å². The monoisotopic (exact) mass is 350 g/mol. The highest BCUT2D eigenvalue weighted by atomic mass is 19.1. The molecule has 0 bridgehead atoms. The van der Waals surface area contributed by atoms with Crippen molar-refractivity contribution in [2.45, 2.75) is 38.6 Å². The molecule has 2 amide bonds. The highest BCUT2D eigenvalue weighted by Crippen LogP contribution is 2.14. The number of ether oxygens (including phenoxy) is 1. The lowest BCUT2D eigenvalue weighted by Crippen LogP contribution is -2.46. The molecule has 1 aromatic carbocycles. The van der Waals surface area contributed by atoms with E-state index in [1.54, 1.807) is 17.9 Å². The van der Waals surface area contributed by atoms with Crippen LogP contribution in [0.25, 0.3) is 0 Å². The molecule has 0 spiro atoms. The number of carbonyl (C=O) groups excluding carboxylic acids is 3. The maximum absolute atomic E-state index is 13.6. The lowest BCUT2D eigenvalue weighted by atomic mass is 10.0. The molecule has 6 nitrogen and oxygen atoms in total. The van der Waals surface area contributed by atoms with Gasteiger partial charge >= 0.3 is 5.97 Å². The smallest absolute Gasteiger partial charge is 0.306 e. The molecule has 0 unspecified atom stereocenters. The van der Waals surface area contributed by atoms with Crippen molar-refractivity contribution in [1.29, 1.82) is 0 Å². The van der Waals surface area contributed by atoms with Crippen LogP contribution in [-0.2, 0) is 14.3 Å². The summed E-state index contributed by atoms with van der Waals surface area (Å²) in [5.41, 5.74) is 0.0236. The SMILES string of the molecule is CCOC(=O)CCC(=O)N1CCC(NC(=O)c2ccccc2F)CC1. The van der Waals surface area contributed by atoms with Crippen molar-refractivity contribution in [3.8, 4) is 0 Å². The first-order chi connectivity index (χ1) is 12.0. The molecule has 1 N–H and O–H groups in total. The van der Waals surface area contributed by atoms with E-state index < -0.39 is 11.7 Å². The summed E-state index contributed by atoms with van der Waals surface area (Å²) in [7, 11) is 0. The average Bonchev–Trinajstić information content (AvgIpc) is 2.61. The molecule has 1 aromatic rings. The number of piperidine rings is 1. The predicted octanol–water partition coefficient (Wildman–Crippen LogP) is 1.89. The minimum atomic E-state index is -0.549. The Morgan fingerprint density at radius 3 is 2.52 bits per heavy atom. The van der Waals surface area contributed by atoms with Gasteiger partial charge in [-0.15, -0.1) is 0 Å². The summed E-state index contributed by atoms with van der Waals surface area (Å²) in [5.74, 6) is -1.45. The number of halogens is 1. The Morgan fingerprint density at radius 1 is 1.20 bits per heavy atom. The Morgan fingerprint density at radius 2 is 1.88 bits per heavy atom. The molecule has 1 aliphatic rings. The molecule has 136 valence electrons. The Kier molecular flexibility index (Phi) is 6.91. The minimum Gasteiger partial charge on any atom is -0.466 e. The van der Waals surface area contributed by atoms with Gasteiger partial charge in [-0.2, -0.15) is 0 Å². The third-order valence-electron chi connectivity index (χ3n) is 4.15. The van der Waals surface area contributed by atoms with E-state index in [0.29, 0.717) is 32.5 Å². The van der Waals surface area contributed by atoms with Gasteiger partial charge in [-0.25, -0.2) is 4.39 Å². The van der Waals surface area contributed by atoms with E-state index in [1.807, 2.05) is 0 Å². The number of esters is 1. The van der Waals surface area contributed by atoms with Gasteiger partial charge in [-0.3, -0.25) is 14.4 Å². The maximum Gasteiger partial charge on any atom is 0.306 e. The van der Waals surface area contributed by atoms with Gasteiger partial charge in [-0.1, -0.05) is 12.1 Å². The van der Waals surface area contributed by atoms with E-state index in [9.17, 15) is 18.8 Å². The van der Waals surface area contributed by atoms with Crippen LogP contribution in [-0.4, -0.2) is 48.4 Å². The summed E-state index contributed by atoms with van der Waals surface area (Å²) >= 11 is 0. The standard InChI is InChI=1S/C18H23FN2O4/c1-2-25-17(23)8-7-16(22)21-11-9-13(10-12-21)20-18(24)14-5-3-4-6-15(14)19/h3-6,13H,2,7-12H2,1H3,(H,20,24). The summed E-state index contributed by atoms with van der Waals surface area (Å²) in [6.07, 6.45) is 1.42. The lowest BCUT2D eigenvalue weighted by molar-refractivity contribution is -0.145. The zero-order valence-electron chi connectivity index (χ0n) is 14.3. The number of hydrogen-bond acceptors (Lipinski definition) is 4. The molecule has 0 saturated carbocycles. The van der Waals surface area contributed by atoms with Crippen LogP contribution in [0.1, 0.15) is 43.0 Å². The van der Waals surface area contributed by atoms with Gasteiger partial charge in [-0.05, 0) is 31.9 Å². The van der Waals surface area contributed by atoms with Gasteiger partial charge in [0.1, 0.15) is 5.82 Å². The summed E-state index contributed by atoms with van der Waals surface area (Å²) in [4.78, 5) is 37.2. The van der Waals surface area contributed by atoms with Crippen LogP contribution in [0, 0.1) is 5.82 Å². The predicted molar refractivity (Wildman–Crippen MR) is 89.3 cm³/mol. The molecule has 1 saturated heterocycles. The Bertz CT molecular complexity index is 627. The zero-order chi connectivity index (χ0) is 18.2. The van der Waals surface area contributed by atoms with Crippen LogP contribution in [0.5, 0.6) is 0 Å². The second kappa shape index (κ2) is 9.15. The van der Waals surface area contributed by atoms with Gasteiger partial charge in [0.25, 0.3) is 5.91 Å². The largest absolute Gasteiger partial charge is 0.466 e. The number of nitrogens with one attached hydrogen (secondary N) is 1. The molecule has 0 aliphatic carbocycles. The second-order valence-electron chi connectivity index (χ2n) is 5.91. The second-order valence-corrected chi connectivity index (χ2v) is 5.91. The van der Waals surface area contributed by atoms with E-state index in [4.69, 9.17) is 4.74 Å². The first kappa shape index (κ1) is 18.9. The number of amides is 2. The molecule has 1 aliphatic heterocycles. The molecular weight excluding hydrogens is 327 g/mol. The number of carbonyl (C=O) groups is 3. The molecule has 0 atom stereocenters. The lowest BCUT2D eigenvalue weighted by Gasteiger charge is -2.32. The maximum atomic E-state index is 13.6. The van der Waals surface area contributed by atoms with E-state index >= 15 is 0 Å². The van der Waals surface area contributed by atoms with Crippen LogP contribution < -0.4 is 5.32 Å². The van der Waals surface area contributed by atoms with Gasteiger partial charge in [0, 0.05) is 25.6 Å². The van der Waals surface area contributed by atoms with E-state index in [2.05, 4.69) is 5.32 Å². The van der Waals surface area contributed by atoms with Gasteiger partial charge in [0.2, 0.25) is 5.91 Å². The van der Waals surface area contributed by atoms with E-state index in [1.165, 1.54) is 18.2 Å². The Balaban J connectivity index is 1.76. The van der Waals surface area contributed by atoms with Crippen molar-refractivity contribution in [3.63, 3.8) is 0 Å². The van der Waals surface area contributed by atoms with Crippen LogP contribution in [0.4, 0.5) is 4.39 Å². The normalized spacial score (nSPS) is 14.9. The van der Waals surface area contributed by atoms with Gasteiger partial charge in [0.05, 0.1) is 18.6 Å². The van der Waals surface area contributed by atoms with Crippen LogP contribution >= 0.6 is 0 Å². The highest BCUT2D eigenvalue weighted by Gasteiger charge is 2.25. The fourth-order valence-electron chi connectivity index (χ4n) is 2.78.